The summed E-state index contributed by atoms with van der Waals surface area (Å²) in [6.07, 6.45) is 1.53. The molecule has 3 nitrogen and oxygen atoms in total. The van der Waals surface area contributed by atoms with Crippen LogP contribution in [0.1, 0.15) is 11.3 Å². The van der Waals surface area contributed by atoms with E-state index in [-0.39, 0.29) is 5.56 Å². The van der Waals surface area contributed by atoms with Gasteiger partial charge in [-0.05, 0) is 12.5 Å². The van der Waals surface area contributed by atoms with E-state index in [1.54, 1.807) is 4.57 Å². The van der Waals surface area contributed by atoms with Gasteiger partial charge in [-0.25, -0.2) is 4.98 Å². The van der Waals surface area contributed by atoms with Crippen molar-refractivity contribution in [3.05, 3.63) is 71.3 Å². The van der Waals surface area contributed by atoms with Crippen LogP contribution in [-0.2, 0) is 6.54 Å². The molecule has 3 heteroatoms. The maximum Gasteiger partial charge on any atom is 0.253 e. The minimum absolute atomic E-state index is 0.0705. The van der Waals surface area contributed by atoms with Gasteiger partial charge >= 0.3 is 0 Å². The van der Waals surface area contributed by atoms with E-state index in [2.05, 4.69) is 11.9 Å². The summed E-state index contributed by atoms with van der Waals surface area (Å²) >= 11 is 0. The number of rotatable bonds is 2. The van der Waals surface area contributed by atoms with Crippen molar-refractivity contribution in [2.24, 2.45) is 0 Å². The molecule has 2 rings (SSSR count). The van der Waals surface area contributed by atoms with Crippen LogP contribution in [-0.4, -0.2) is 9.55 Å². The number of benzene rings is 1. The van der Waals surface area contributed by atoms with Crippen LogP contribution in [0.3, 0.4) is 0 Å². The second-order valence-corrected chi connectivity index (χ2v) is 3.33. The predicted octanol–water partition coefficient (Wildman–Crippen LogP) is 1.47. The molecule has 0 N–H and O–H groups in total. The molecule has 0 atom stereocenters. The number of aromatic nitrogens is 2. The molecule has 0 fully saturated rings. The van der Waals surface area contributed by atoms with Crippen LogP contribution in [0, 0.1) is 6.92 Å². The van der Waals surface area contributed by atoms with Gasteiger partial charge in [-0.15, -0.1) is 0 Å². The Balaban J connectivity index is 2.29. The van der Waals surface area contributed by atoms with E-state index >= 15 is 0 Å². The van der Waals surface area contributed by atoms with Crippen LogP contribution in [0.5, 0.6) is 0 Å². The number of hydrogen-bond donors (Lipinski definition) is 0. The third-order valence-electron chi connectivity index (χ3n) is 2.13. The second kappa shape index (κ2) is 4.09. The van der Waals surface area contributed by atoms with Gasteiger partial charge in [0.25, 0.3) is 5.56 Å². The summed E-state index contributed by atoms with van der Waals surface area (Å²) in [6, 6.07) is 11.2. The third-order valence-corrected chi connectivity index (χ3v) is 2.13. The van der Waals surface area contributed by atoms with Crippen molar-refractivity contribution < 1.29 is 0 Å². The molecule has 1 heterocycles. The van der Waals surface area contributed by atoms with Gasteiger partial charge in [0.1, 0.15) is 0 Å². The van der Waals surface area contributed by atoms with E-state index in [0.29, 0.717) is 12.2 Å². The van der Waals surface area contributed by atoms with Crippen molar-refractivity contribution in [1.82, 2.24) is 9.55 Å². The molecule has 0 saturated carbocycles. The lowest BCUT2D eigenvalue weighted by Crippen LogP contribution is -2.20. The fourth-order valence-corrected chi connectivity index (χ4v) is 1.36. The molecule has 0 spiro atoms. The first-order valence-corrected chi connectivity index (χ1v) is 4.68. The minimum atomic E-state index is -0.0705. The van der Waals surface area contributed by atoms with Crippen LogP contribution in [0.15, 0.2) is 47.5 Å². The first-order valence-electron chi connectivity index (χ1n) is 4.68. The predicted molar refractivity (Wildman–Crippen MR) is 58.5 cm³/mol. The standard InChI is InChI=1S/C12H11N2O/c1-10-7-12(15)14(9-13-10)8-11-5-3-2-4-6-11/h2-7,9H,1,8H2. The van der Waals surface area contributed by atoms with Crippen LogP contribution in [0.4, 0.5) is 0 Å². The van der Waals surface area contributed by atoms with E-state index in [0.717, 1.165) is 5.56 Å². The Morgan fingerprint density at radius 1 is 1.27 bits per heavy atom. The van der Waals surface area contributed by atoms with E-state index in [9.17, 15) is 4.79 Å². The topological polar surface area (TPSA) is 34.9 Å². The Morgan fingerprint density at radius 2 is 2.00 bits per heavy atom. The Hall–Kier alpha value is -1.90. The Bertz CT molecular complexity index is 503. The average molecular weight is 199 g/mol. The summed E-state index contributed by atoms with van der Waals surface area (Å²) in [6.45, 7) is 4.15. The Morgan fingerprint density at radius 3 is 2.67 bits per heavy atom. The van der Waals surface area contributed by atoms with E-state index in [1.165, 1.54) is 12.4 Å². The van der Waals surface area contributed by atoms with E-state index in [4.69, 9.17) is 0 Å². The van der Waals surface area contributed by atoms with Crippen LogP contribution >= 0.6 is 0 Å². The average Bonchev–Trinajstić information content (AvgIpc) is 2.24. The molecule has 0 bridgehead atoms. The number of nitrogens with zero attached hydrogens (tertiary/aromatic N) is 2. The smallest absolute Gasteiger partial charge is 0.253 e. The summed E-state index contributed by atoms with van der Waals surface area (Å²) < 4.78 is 1.56. The van der Waals surface area contributed by atoms with Gasteiger partial charge in [-0.3, -0.25) is 9.36 Å². The molecule has 75 valence electrons. The van der Waals surface area contributed by atoms with Crippen molar-refractivity contribution in [3.8, 4) is 0 Å². The lowest BCUT2D eigenvalue weighted by Gasteiger charge is -2.04. The van der Waals surface area contributed by atoms with Crippen molar-refractivity contribution in [3.63, 3.8) is 0 Å². The molecule has 1 aromatic heterocycles. The molecule has 1 radical (unpaired) electrons. The molecule has 0 aliphatic heterocycles. The summed E-state index contributed by atoms with van der Waals surface area (Å²) in [5, 5.41) is 0. The highest BCUT2D eigenvalue weighted by molar-refractivity contribution is 5.15. The molecular weight excluding hydrogens is 188 g/mol. The number of hydrogen-bond acceptors (Lipinski definition) is 2. The molecule has 0 aliphatic carbocycles. The molecule has 2 aromatic rings. The zero-order valence-electron chi connectivity index (χ0n) is 8.26. The van der Waals surface area contributed by atoms with E-state index in [1.807, 2.05) is 30.3 Å². The molecule has 1 aromatic carbocycles. The molecule has 0 unspecified atom stereocenters. The highest BCUT2D eigenvalue weighted by Crippen LogP contribution is 1.99. The monoisotopic (exact) mass is 199 g/mol. The Kier molecular flexibility index (Phi) is 2.63. The summed E-state index contributed by atoms with van der Waals surface area (Å²) in [4.78, 5) is 15.5. The van der Waals surface area contributed by atoms with Gasteiger partial charge in [-0.2, -0.15) is 0 Å². The third kappa shape index (κ3) is 2.31. The zero-order valence-corrected chi connectivity index (χ0v) is 8.26. The Labute approximate surface area is 88.0 Å². The molecule has 0 amide bonds. The largest absolute Gasteiger partial charge is 0.295 e. The zero-order chi connectivity index (χ0) is 10.7. The van der Waals surface area contributed by atoms with Crippen molar-refractivity contribution >= 4 is 0 Å². The SMILES string of the molecule is [CH2]c1cc(=O)n(Cc2ccccc2)cn1. The van der Waals surface area contributed by atoms with Gasteiger partial charge in [0, 0.05) is 11.8 Å². The summed E-state index contributed by atoms with van der Waals surface area (Å²) in [5.41, 5.74) is 1.52. The van der Waals surface area contributed by atoms with Gasteiger partial charge in [0.2, 0.25) is 0 Å². The lowest BCUT2D eigenvalue weighted by molar-refractivity contribution is 0.733. The summed E-state index contributed by atoms with van der Waals surface area (Å²) in [5.74, 6) is 0. The van der Waals surface area contributed by atoms with Crippen molar-refractivity contribution in [1.29, 1.82) is 0 Å². The molecule has 15 heavy (non-hydrogen) atoms. The highest BCUT2D eigenvalue weighted by Gasteiger charge is 1.97. The van der Waals surface area contributed by atoms with Gasteiger partial charge < -0.3 is 0 Å². The van der Waals surface area contributed by atoms with Gasteiger partial charge in [0.15, 0.2) is 0 Å². The van der Waals surface area contributed by atoms with Crippen molar-refractivity contribution in [2.45, 2.75) is 6.54 Å². The maximum absolute atomic E-state index is 11.5. The molecule has 0 aliphatic rings. The lowest BCUT2D eigenvalue weighted by atomic mass is 10.2. The second-order valence-electron chi connectivity index (χ2n) is 3.33. The fraction of sp³-hybridized carbons (Fsp3) is 0.0833. The fourth-order valence-electron chi connectivity index (χ4n) is 1.36. The van der Waals surface area contributed by atoms with Crippen LogP contribution < -0.4 is 5.56 Å². The molecule has 0 saturated heterocycles. The van der Waals surface area contributed by atoms with Gasteiger partial charge in [0.05, 0.1) is 12.9 Å². The van der Waals surface area contributed by atoms with Crippen molar-refractivity contribution in [2.75, 3.05) is 0 Å². The summed E-state index contributed by atoms with van der Waals surface area (Å²) in [7, 11) is 0. The minimum Gasteiger partial charge on any atom is -0.295 e. The van der Waals surface area contributed by atoms with Gasteiger partial charge in [-0.1, -0.05) is 30.3 Å². The first-order chi connectivity index (χ1) is 7.25. The van der Waals surface area contributed by atoms with E-state index < -0.39 is 0 Å². The highest BCUT2D eigenvalue weighted by atomic mass is 16.1. The maximum atomic E-state index is 11.5. The quantitative estimate of drug-likeness (QED) is 0.734. The van der Waals surface area contributed by atoms with Crippen LogP contribution in [0.2, 0.25) is 0 Å². The normalized spacial score (nSPS) is 10.2. The first kappa shape index (κ1) is 9.65. The van der Waals surface area contributed by atoms with Crippen LogP contribution in [0.25, 0.3) is 0 Å². The molecular formula is C12H11N2O.